The molecule has 0 saturated carbocycles. The third kappa shape index (κ3) is 4.77. The SMILES string of the molecule is CN=C(NCCc1cn2cccc(C)c2n1)N1CCOC(C2CCCO2)C1.I. The summed E-state index contributed by atoms with van der Waals surface area (Å²) in [7, 11) is 1.84. The van der Waals surface area contributed by atoms with Gasteiger partial charge in [-0.25, -0.2) is 4.98 Å². The molecule has 1 N–H and O–H groups in total. The minimum absolute atomic E-state index is 0. The predicted molar refractivity (Wildman–Crippen MR) is 121 cm³/mol. The zero-order valence-corrected chi connectivity index (χ0v) is 19.0. The maximum atomic E-state index is 5.94. The Bertz CT molecular complexity index is 803. The highest BCUT2D eigenvalue weighted by atomic mass is 127. The molecule has 4 heterocycles. The molecule has 2 saturated heterocycles. The average molecular weight is 499 g/mol. The number of hydrogen-bond donors (Lipinski definition) is 1. The predicted octanol–water partition coefficient (Wildman–Crippen LogP) is 2.26. The van der Waals surface area contributed by atoms with Gasteiger partial charge in [-0.2, -0.15) is 0 Å². The standard InChI is InChI=1S/C20H29N5O2.HI/c1-15-5-3-9-24-13-16(23-19(15)24)7-8-22-20(21-2)25-10-12-27-18(14-25)17-6-4-11-26-17;/h3,5,9,13,17-18H,4,6-8,10-12,14H2,1-2H3,(H,21,22);1H. The van der Waals surface area contributed by atoms with Crippen LogP contribution in [0.15, 0.2) is 29.5 Å². The van der Waals surface area contributed by atoms with Crippen LogP contribution in [-0.4, -0.2) is 72.3 Å². The molecule has 2 fully saturated rings. The Kier molecular flexibility index (Phi) is 7.53. The lowest BCUT2D eigenvalue weighted by molar-refractivity contribution is -0.0816. The van der Waals surface area contributed by atoms with E-state index in [1.807, 2.05) is 13.2 Å². The normalized spacial score (nSPS) is 23.1. The van der Waals surface area contributed by atoms with Crippen molar-refractivity contribution in [3.05, 3.63) is 35.8 Å². The van der Waals surface area contributed by atoms with Crippen molar-refractivity contribution in [1.82, 2.24) is 19.6 Å². The van der Waals surface area contributed by atoms with Gasteiger partial charge in [-0.3, -0.25) is 4.99 Å². The van der Waals surface area contributed by atoms with Gasteiger partial charge < -0.3 is 24.1 Å². The smallest absolute Gasteiger partial charge is 0.193 e. The number of nitrogens with zero attached hydrogens (tertiary/aromatic N) is 4. The van der Waals surface area contributed by atoms with Crippen LogP contribution in [0.4, 0.5) is 0 Å². The zero-order valence-electron chi connectivity index (χ0n) is 16.6. The van der Waals surface area contributed by atoms with Crippen LogP contribution in [0.25, 0.3) is 5.65 Å². The molecule has 0 amide bonds. The van der Waals surface area contributed by atoms with Crippen molar-refractivity contribution in [3.8, 4) is 0 Å². The molecule has 4 rings (SSSR count). The molecular formula is C20H30IN5O2. The molecule has 8 heteroatoms. The number of morpholine rings is 1. The van der Waals surface area contributed by atoms with Crippen LogP contribution in [0, 0.1) is 6.92 Å². The summed E-state index contributed by atoms with van der Waals surface area (Å²) in [5.41, 5.74) is 3.32. The van der Waals surface area contributed by atoms with Gasteiger partial charge in [0.1, 0.15) is 11.8 Å². The van der Waals surface area contributed by atoms with E-state index in [1.54, 1.807) is 0 Å². The summed E-state index contributed by atoms with van der Waals surface area (Å²) >= 11 is 0. The third-order valence-electron chi connectivity index (χ3n) is 5.38. The Labute approximate surface area is 183 Å². The first-order valence-corrected chi connectivity index (χ1v) is 9.86. The average Bonchev–Trinajstić information content (AvgIpc) is 3.36. The van der Waals surface area contributed by atoms with Gasteiger partial charge >= 0.3 is 0 Å². The zero-order chi connectivity index (χ0) is 18.6. The Morgan fingerprint density at radius 2 is 2.18 bits per heavy atom. The molecule has 2 aliphatic heterocycles. The van der Waals surface area contributed by atoms with Gasteiger partial charge in [0.15, 0.2) is 5.96 Å². The molecule has 0 aliphatic carbocycles. The second-order valence-corrected chi connectivity index (χ2v) is 7.29. The number of ether oxygens (including phenoxy) is 2. The number of guanidine groups is 1. The second-order valence-electron chi connectivity index (χ2n) is 7.29. The number of fused-ring (bicyclic) bond motifs is 1. The molecule has 0 spiro atoms. The fourth-order valence-electron chi connectivity index (χ4n) is 3.95. The number of pyridine rings is 1. The van der Waals surface area contributed by atoms with E-state index in [-0.39, 0.29) is 36.2 Å². The quantitative estimate of drug-likeness (QED) is 0.398. The summed E-state index contributed by atoms with van der Waals surface area (Å²) in [6.45, 7) is 6.16. The van der Waals surface area contributed by atoms with Crippen LogP contribution in [-0.2, 0) is 15.9 Å². The van der Waals surface area contributed by atoms with Crippen LogP contribution < -0.4 is 5.32 Å². The number of imidazole rings is 1. The Hall–Kier alpha value is -1.39. The first-order valence-electron chi connectivity index (χ1n) is 9.86. The summed E-state index contributed by atoms with van der Waals surface area (Å²) in [5.74, 6) is 0.932. The van der Waals surface area contributed by atoms with E-state index in [0.29, 0.717) is 0 Å². The molecule has 0 aromatic carbocycles. The maximum Gasteiger partial charge on any atom is 0.193 e. The first kappa shape index (κ1) is 21.3. The van der Waals surface area contributed by atoms with Gasteiger partial charge in [-0.15, -0.1) is 24.0 Å². The van der Waals surface area contributed by atoms with Crippen molar-refractivity contribution in [2.24, 2.45) is 4.99 Å². The molecule has 0 radical (unpaired) electrons. The Balaban J connectivity index is 0.00000225. The van der Waals surface area contributed by atoms with Crippen molar-refractivity contribution in [2.45, 2.75) is 38.4 Å². The van der Waals surface area contributed by atoms with Crippen LogP contribution >= 0.6 is 24.0 Å². The lowest BCUT2D eigenvalue weighted by Crippen LogP contribution is -2.53. The number of nitrogens with one attached hydrogen (secondary N) is 1. The van der Waals surface area contributed by atoms with E-state index in [0.717, 1.165) is 69.4 Å². The number of hydrogen-bond acceptors (Lipinski definition) is 4. The Morgan fingerprint density at radius 3 is 2.93 bits per heavy atom. The van der Waals surface area contributed by atoms with E-state index in [9.17, 15) is 0 Å². The van der Waals surface area contributed by atoms with E-state index in [4.69, 9.17) is 14.5 Å². The summed E-state index contributed by atoms with van der Waals surface area (Å²) in [6, 6.07) is 4.14. The van der Waals surface area contributed by atoms with Crippen LogP contribution in [0.1, 0.15) is 24.1 Å². The van der Waals surface area contributed by atoms with Crippen molar-refractivity contribution >= 4 is 35.6 Å². The highest BCUT2D eigenvalue weighted by Gasteiger charge is 2.32. The maximum absolute atomic E-state index is 5.94. The number of rotatable bonds is 4. The number of halogens is 1. The van der Waals surface area contributed by atoms with E-state index < -0.39 is 0 Å². The fourth-order valence-corrected chi connectivity index (χ4v) is 3.95. The monoisotopic (exact) mass is 499 g/mol. The molecule has 28 heavy (non-hydrogen) atoms. The molecule has 7 nitrogen and oxygen atoms in total. The Morgan fingerprint density at radius 1 is 1.32 bits per heavy atom. The largest absolute Gasteiger partial charge is 0.375 e. The molecule has 2 unspecified atom stereocenters. The van der Waals surface area contributed by atoms with Gasteiger partial charge in [0.2, 0.25) is 0 Å². The summed E-state index contributed by atoms with van der Waals surface area (Å²) in [4.78, 5) is 11.5. The van der Waals surface area contributed by atoms with Crippen molar-refractivity contribution in [2.75, 3.05) is 39.9 Å². The molecule has 2 atom stereocenters. The van der Waals surface area contributed by atoms with Crippen LogP contribution in [0.5, 0.6) is 0 Å². The van der Waals surface area contributed by atoms with Gasteiger partial charge in [0.05, 0.1) is 18.4 Å². The number of aromatic nitrogens is 2. The molecule has 2 aromatic heterocycles. The minimum atomic E-state index is 0. The van der Waals surface area contributed by atoms with E-state index >= 15 is 0 Å². The highest BCUT2D eigenvalue weighted by Crippen LogP contribution is 2.21. The molecular weight excluding hydrogens is 469 g/mol. The lowest BCUT2D eigenvalue weighted by atomic mass is 10.1. The summed E-state index contributed by atoms with van der Waals surface area (Å²) in [6.07, 6.45) is 7.61. The van der Waals surface area contributed by atoms with Crippen LogP contribution in [0.3, 0.4) is 0 Å². The van der Waals surface area contributed by atoms with Crippen LogP contribution in [0.2, 0.25) is 0 Å². The molecule has 154 valence electrons. The van der Waals surface area contributed by atoms with E-state index in [1.165, 1.54) is 5.56 Å². The lowest BCUT2D eigenvalue weighted by Gasteiger charge is -2.37. The molecule has 2 aliphatic rings. The number of aryl methyl sites for hydroxylation is 1. The second kappa shape index (κ2) is 9.89. The van der Waals surface area contributed by atoms with Gasteiger partial charge in [0, 0.05) is 52.1 Å². The topological polar surface area (TPSA) is 63.4 Å². The third-order valence-corrected chi connectivity index (χ3v) is 5.38. The van der Waals surface area contributed by atoms with Crippen molar-refractivity contribution < 1.29 is 9.47 Å². The minimum Gasteiger partial charge on any atom is -0.375 e. The van der Waals surface area contributed by atoms with Gasteiger partial charge in [-0.05, 0) is 31.4 Å². The van der Waals surface area contributed by atoms with Crippen molar-refractivity contribution in [3.63, 3.8) is 0 Å². The summed E-state index contributed by atoms with van der Waals surface area (Å²) in [5, 5.41) is 3.49. The fraction of sp³-hybridized carbons (Fsp3) is 0.600. The van der Waals surface area contributed by atoms with E-state index in [2.05, 4.69) is 44.9 Å². The van der Waals surface area contributed by atoms with Crippen molar-refractivity contribution in [1.29, 1.82) is 0 Å². The van der Waals surface area contributed by atoms with Gasteiger partial charge in [-0.1, -0.05) is 6.07 Å². The van der Waals surface area contributed by atoms with Gasteiger partial charge in [0.25, 0.3) is 0 Å². The first-order chi connectivity index (χ1) is 13.2. The molecule has 0 bridgehead atoms. The summed E-state index contributed by atoms with van der Waals surface area (Å²) < 4.78 is 13.8. The molecule has 2 aromatic rings. The highest BCUT2D eigenvalue weighted by molar-refractivity contribution is 14.0. The number of aliphatic imine (C=N–C) groups is 1.